The maximum Gasteiger partial charge on any atom is 0.106 e. The Morgan fingerprint density at radius 1 is 1.31 bits per heavy atom. The standard InChI is InChI=1S/C11H12BrN3S/c12-11-3-1-2-9(15-11)6-13-5-4-10-7-16-8-14-10/h1-3,7-8,13H,4-6H2. The van der Waals surface area contributed by atoms with Gasteiger partial charge in [0.25, 0.3) is 0 Å². The summed E-state index contributed by atoms with van der Waals surface area (Å²) in [6, 6.07) is 5.94. The summed E-state index contributed by atoms with van der Waals surface area (Å²) < 4.78 is 0.881. The first-order valence-electron chi connectivity index (χ1n) is 5.04. The molecule has 2 aromatic heterocycles. The Kier molecular flexibility index (Phi) is 4.44. The molecule has 5 heteroatoms. The number of aromatic nitrogens is 2. The summed E-state index contributed by atoms with van der Waals surface area (Å²) in [6.45, 7) is 1.72. The van der Waals surface area contributed by atoms with E-state index in [1.807, 2.05) is 23.7 Å². The van der Waals surface area contributed by atoms with E-state index in [-0.39, 0.29) is 0 Å². The molecular weight excluding hydrogens is 286 g/mol. The topological polar surface area (TPSA) is 37.8 Å². The highest BCUT2D eigenvalue weighted by Gasteiger charge is 1.97. The number of pyridine rings is 1. The largest absolute Gasteiger partial charge is 0.311 e. The number of thiazole rings is 1. The molecule has 16 heavy (non-hydrogen) atoms. The Balaban J connectivity index is 1.72. The Hall–Kier alpha value is -0.780. The van der Waals surface area contributed by atoms with E-state index >= 15 is 0 Å². The molecule has 2 aromatic rings. The van der Waals surface area contributed by atoms with Crippen molar-refractivity contribution >= 4 is 27.3 Å². The van der Waals surface area contributed by atoms with Crippen LogP contribution in [0.1, 0.15) is 11.4 Å². The van der Waals surface area contributed by atoms with Crippen LogP contribution in [0.3, 0.4) is 0 Å². The molecule has 84 valence electrons. The van der Waals surface area contributed by atoms with E-state index in [0.29, 0.717) is 0 Å². The highest BCUT2D eigenvalue weighted by Crippen LogP contribution is 2.06. The lowest BCUT2D eigenvalue weighted by Gasteiger charge is -2.03. The summed E-state index contributed by atoms with van der Waals surface area (Å²) in [7, 11) is 0. The minimum Gasteiger partial charge on any atom is -0.311 e. The summed E-state index contributed by atoms with van der Waals surface area (Å²) in [5.74, 6) is 0. The van der Waals surface area contributed by atoms with E-state index in [0.717, 1.165) is 35.5 Å². The highest BCUT2D eigenvalue weighted by molar-refractivity contribution is 9.10. The van der Waals surface area contributed by atoms with Crippen LogP contribution in [0.5, 0.6) is 0 Å². The SMILES string of the molecule is Brc1cccc(CNCCc2cscn2)n1. The maximum atomic E-state index is 4.35. The molecule has 3 nitrogen and oxygen atoms in total. The van der Waals surface area contributed by atoms with Crippen molar-refractivity contribution in [2.75, 3.05) is 6.54 Å². The van der Waals surface area contributed by atoms with Crippen LogP contribution in [0.4, 0.5) is 0 Å². The number of halogens is 1. The average molecular weight is 298 g/mol. The monoisotopic (exact) mass is 297 g/mol. The van der Waals surface area contributed by atoms with Crippen molar-refractivity contribution in [3.05, 3.63) is 45.1 Å². The van der Waals surface area contributed by atoms with Gasteiger partial charge >= 0.3 is 0 Å². The van der Waals surface area contributed by atoms with E-state index < -0.39 is 0 Å². The van der Waals surface area contributed by atoms with Gasteiger partial charge in [-0.1, -0.05) is 6.07 Å². The van der Waals surface area contributed by atoms with E-state index in [9.17, 15) is 0 Å². The van der Waals surface area contributed by atoms with E-state index in [1.165, 1.54) is 0 Å². The molecule has 1 N–H and O–H groups in total. The minimum atomic E-state index is 0.795. The van der Waals surface area contributed by atoms with Gasteiger partial charge in [0.2, 0.25) is 0 Å². The third-order valence-electron chi connectivity index (χ3n) is 2.12. The van der Waals surface area contributed by atoms with Gasteiger partial charge in [-0.15, -0.1) is 11.3 Å². The lowest BCUT2D eigenvalue weighted by atomic mass is 10.3. The fraction of sp³-hybridized carbons (Fsp3) is 0.273. The molecule has 0 unspecified atom stereocenters. The van der Waals surface area contributed by atoms with Crippen molar-refractivity contribution in [1.29, 1.82) is 0 Å². The Morgan fingerprint density at radius 2 is 2.25 bits per heavy atom. The fourth-order valence-corrected chi connectivity index (χ4v) is 2.32. The van der Waals surface area contributed by atoms with Crippen LogP contribution in [0.15, 0.2) is 33.7 Å². The van der Waals surface area contributed by atoms with Crippen LogP contribution in [-0.4, -0.2) is 16.5 Å². The van der Waals surface area contributed by atoms with Gasteiger partial charge in [0.15, 0.2) is 0 Å². The Morgan fingerprint density at radius 3 is 3.00 bits per heavy atom. The normalized spacial score (nSPS) is 10.6. The molecule has 0 atom stereocenters. The summed E-state index contributed by atoms with van der Waals surface area (Å²) in [5.41, 5.74) is 4.07. The van der Waals surface area contributed by atoms with Crippen molar-refractivity contribution in [2.45, 2.75) is 13.0 Å². The maximum absolute atomic E-state index is 4.35. The van der Waals surface area contributed by atoms with Crippen LogP contribution in [0.25, 0.3) is 0 Å². The molecule has 0 aliphatic carbocycles. The predicted molar refractivity (Wildman–Crippen MR) is 69.5 cm³/mol. The van der Waals surface area contributed by atoms with Crippen molar-refractivity contribution < 1.29 is 0 Å². The first-order valence-corrected chi connectivity index (χ1v) is 6.77. The van der Waals surface area contributed by atoms with Gasteiger partial charge in [-0.05, 0) is 28.1 Å². The lowest BCUT2D eigenvalue weighted by Crippen LogP contribution is -2.17. The van der Waals surface area contributed by atoms with Crippen molar-refractivity contribution in [2.24, 2.45) is 0 Å². The fourth-order valence-electron chi connectivity index (χ4n) is 1.34. The first kappa shape index (κ1) is 11.7. The molecule has 0 amide bonds. The van der Waals surface area contributed by atoms with Crippen LogP contribution in [-0.2, 0) is 13.0 Å². The zero-order chi connectivity index (χ0) is 11.2. The van der Waals surface area contributed by atoms with Gasteiger partial charge in [-0.2, -0.15) is 0 Å². The second-order valence-corrected chi connectivity index (χ2v) is 4.89. The summed E-state index contributed by atoms with van der Waals surface area (Å²) in [5, 5.41) is 5.43. The molecule has 0 bridgehead atoms. The van der Waals surface area contributed by atoms with Crippen molar-refractivity contribution in [3.63, 3.8) is 0 Å². The Bertz CT molecular complexity index is 431. The molecule has 2 heterocycles. The van der Waals surface area contributed by atoms with E-state index in [4.69, 9.17) is 0 Å². The molecule has 0 saturated heterocycles. The number of rotatable bonds is 5. The first-order chi connectivity index (χ1) is 7.84. The number of hydrogen-bond acceptors (Lipinski definition) is 4. The number of nitrogens with zero attached hydrogens (tertiary/aromatic N) is 2. The molecule has 0 aromatic carbocycles. The van der Waals surface area contributed by atoms with Gasteiger partial charge in [0.1, 0.15) is 4.60 Å². The smallest absolute Gasteiger partial charge is 0.106 e. The van der Waals surface area contributed by atoms with Crippen LogP contribution >= 0.6 is 27.3 Å². The summed E-state index contributed by atoms with van der Waals surface area (Å²) in [4.78, 5) is 8.58. The summed E-state index contributed by atoms with van der Waals surface area (Å²) >= 11 is 4.99. The predicted octanol–water partition coefficient (Wildman–Crippen LogP) is 2.63. The third-order valence-corrected chi connectivity index (χ3v) is 3.20. The zero-order valence-electron chi connectivity index (χ0n) is 8.69. The zero-order valence-corrected chi connectivity index (χ0v) is 11.1. The molecule has 0 aliphatic rings. The highest BCUT2D eigenvalue weighted by atomic mass is 79.9. The van der Waals surface area contributed by atoms with Gasteiger partial charge in [0.05, 0.1) is 16.9 Å². The van der Waals surface area contributed by atoms with Crippen molar-refractivity contribution in [1.82, 2.24) is 15.3 Å². The average Bonchev–Trinajstić information content (AvgIpc) is 2.77. The van der Waals surface area contributed by atoms with Gasteiger partial charge < -0.3 is 5.32 Å². The van der Waals surface area contributed by atoms with Crippen LogP contribution in [0.2, 0.25) is 0 Å². The minimum absolute atomic E-state index is 0.795. The number of nitrogens with one attached hydrogen (secondary N) is 1. The molecule has 0 aliphatic heterocycles. The molecule has 0 saturated carbocycles. The van der Waals surface area contributed by atoms with Gasteiger partial charge in [0, 0.05) is 24.9 Å². The van der Waals surface area contributed by atoms with E-state index in [1.54, 1.807) is 11.3 Å². The molecule has 0 radical (unpaired) electrons. The van der Waals surface area contributed by atoms with Crippen molar-refractivity contribution in [3.8, 4) is 0 Å². The molecule has 0 fully saturated rings. The second-order valence-electron chi connectivity index (χ2n) is 3.36. The summed E-state index contributed by atoms with van der Waals surface area (Å²) in [6.07, 6.45) is 0.970. The molecular formula is C11H12BrN3S. The molecule has 2 rings (SSSR count). The Labute approximate surface area is 107 Å². The quantitative estimate of drug-likeness (QED) is 0.681. The van der Waals surface area contributed by atoms with Gasteiger partial charge in [-0.25, -0.2) is 9.97 Å². The number of hydrogen-bond donors (Lipinski definition) is 1. The van der Waals surface area contributed by atoms with E-state index in [2.05, 4.69) is 36.6 Å². The third kappa shape index (κ3) is 3.66. The second kappa shape index (κ2) is 6.08. The van der Waals surface area contributed by atoms with Crippen LogP contribution in [0, 0.1) is 0 Å². The molecule has 0 spiro atoms. The van der Waals surface area contributed by atoms with Crippen LogP contribution < -0.4 is 5.32 Å². The lowest BCUT2D eigenvalue weighted by molar-refractivity contribution is 0.669. The van der Waals surface area contributed by atoms with Gasteiger partial charge in [-0.3, -0.25) is 0 Å².